The van der Waals surface area contributed by atoms with Gasteiger partial charge in [0.2, 0.25) is 5.91 Å². The Morgan fingerprint density at radius 3 is 2.39 bits per heavy atom. The smallest absolute Gasteiger partial charge is 0.225 e. The SMILES string of the molecule is CC(C)NCCC(=O)Nc1cc(Cl)c(O)c(Cl)c1. The normalized spacial score (nSPS) is 10.7. The maximum absolute atomic E-state index is 11.6. The van der Waals surface area contributed by atoms with E-state index >= 15 is 0 Å². The van der Waals surface area contributed by atoms with Gasteiger partial charge in [-0.3, -0.25) is 4.79 Å². The van der Waals surface area contributed by atoms with Gasteiger partial charge in [0.1, 0.15) is 0 Å². The quantitative estimate of drug-likeness (QED) is 0.731. The first kappa shape index (κ1) is 15.1. The molecule has 1 rings (SSSR count). The highest BCUT2D eigenvalue weighted by Crippen LogP contribution is 2.34. The minimum atomic E-state index is -0.183. The molecule has 0 heterocycles. The van der Waals surface area contributed by atoms with E-state index in [1.165, 1.54) is 12.1 Å². The van der Waals surface area contributed by atoms with Crippen molar-refractivity contribution in [3.8, 4) is 5.75 Å². The van der Waals surface area contributed by atoms with Crippen LogP contribution >= 0.6 is 23.2 Å². The number of hydrogen-bond acceptors (Lipinski definition) is 3. The first-order valence-electron chi connectivity index (χ1n) is 5.61. The van der Waals surface area contributed by atoms with Crippen LogP contribution in [-0.4, -0.2) is 23.6 Å². The highest BCUT2D eigenvalue weighted by atomic mass is 35.5. The number of amides is 1. The summed E-state index contributed by atoms with van der Waals surface area (Å²) in [6.07, 6.45) is 0.355. The Morgan fingerprint density at radius 2 is 1.89 bits per heavy atom. The Balaban J connectivity index is 2.54. The summed E-state index contributed by atoms with van der Waals surface area (Å²) >= 11 is 11.5. The van der Waals surface area contributed by atoms with Crippen molar-refractivity contribution in [2.45, 2.75) is 26.3 Å². The summed E-state index contributed by atoms with van der Waals surface area (Å²) in [5, 5.41) is 15.4. The fourth-order valence-electron chi connectivity index (χ4n) is 1.34. The molecule has 6 heteroatoms. The lowest BCUT2D eigenvalue weighted by Gasteiger charge is -2.09. The highest BCUT2D eigenvalue weighted by Gasteiger charge is 2.09. The standard InChI is InChI=1S/C12H16Cl2N2O2/c1-7(2)15-4-3-11(17)16-8-5-9(13)12(18)10(14)6-8/h5-7,15,18H,3-4H2,1-2H3,(H,16,17). The molecule has 1 amide bonds. The van der Waals surface area contributed by atoms with E-state index in [0.717, 1.165) is 0 Å². The van der Waals surface area contributed by atoms with Crippen LogP contribution in [0.5, 0.6) is 5.75 Å². The largest absolute Gasteiger partial charge is 0.505 e. The molecule has 0 unspecified atom stereocenters. The topological polar surface area (TPSA) is 61.4 Å². The molecule has 1 aromatic rings. The highest BCUT2D eigenvalue weighted by molar-refractivity contribution is 6.37. The molecule has 4 nitrogen and oxygen atoms in total. The number of phenolic OH excluding ortho intramolecular Hbond substituents is 1. The van der Waals surface area contributed by atoms with Crippen LogP contribution in [0.15, 0.2) is 12.1 Å². The summed E-state index contributed by atoms with van der Waals surface area (Å²) in [7, 11) is 0. The molecule has 0 saturated heterocycles. The van der Waals surface area contributed by atoms with Gasteiger partial charge in [0, 0.05) is 24.7 Å². The van der Waals surface area contributed by atoms with Crippen LogP contribution < -0.4 is 10.6 Å². The number of aromatic hydroxyl groups is 1. The van der Waals surface area contributed by atoms with Crippen LogP contribution in [0.1, 0.15) is 20.3 Å². The van der Waals surface area contributed by atoms with Gasteiger partial charge in [0.15, 0.2) is 5.75 Å². The Hall–Kier alpha value is -0.970. The monoisotopic (exact) mass is 290 g/mol. The van der Waals surface area contributed by atoms with Gasteiger partial charge in [-0.15, -0.1) is 0 Å². The molecule has 1 aromatic carbocycles. The number of halogens is 2. The molecular weight excluding hydrogens is 275 g/mol. The Kier molecular flexibility index (Phi) is 5.72. The third kappa shape index (κ3) is 4.72. The average molecular weight is 291 g/mol. The van der Waals surface area contributed by atoms with Crippen molar-refractivity contribution in [3.63, 3.8) is 0 Å². The second-order valence-corrected chi connectivity index (χ2v) is 5.01. The third-order valence-corrected chi connectivity index (χ3v) is 2.78. The minimum Gasteiger partial charge on any atom is -0.505 e. The lowest BCUT2D eigenvalue weighted by Crippen LogP contribution is -2.27. The van der Waals surface area contributed by atoms with E-state index in [9.17, 15) is 9.90 Å². The van der Waals surface area contributed by atoms with E-state index in [1.54, 1.807) is 0 Å². The van der Waals surface area contributed by atoms with Crippen molar-refractivity contribution in [2.24, 2.45) is 0 Å². The van der Waals surface area contributed by atoms with Crippen molar-refractivity contribution < 1.29 is 9.90 Å². The predicted octanol–water partition coefficient (Wildman–Crippen LogP) is 3.03. The van der Waals surface area contributed by atoms with Crippen LogP contribution in [0.25, 0.3) is 0 Å². The van der Waals surface area contributed by atoms with E-state index in [4.69, 9.17) is 23.2 Å². The summed E-state index contributed by atoms with van der Waals surface area (Å²) in [4.78, 5) is 11.6. The van der Waals surface area contributed by atoms with Gasteiger partial charge >= 0.3 is 0 Å². The van der Waals surface area contributed by atoms with Gasteiger partial charge in [0.25, 0.3) is 0 Å². The molecule has 0 aromatic heterocycles. The molecule has 0 fully saturated rings. The summed E-state index contributed by atoms with van der Waals surface area (Å²) in [6.45, 7) is 4.62. The van der Waals surface area contributed by atoms with Gasteiger partial charge in [-0.25, -0.2) is 0 Å². The van der Waals surface area contributed by atoms with Crippen LogP contribution in [-0.2, 0) is 4.79 Å². The molecule has 0 saturated carbocycles. The summed E-state index contributed by atoms with van der Waals surface area (Å²) in [5.41, 5.74) is 0.470. The van der Waals surface area contributed by atoms with Crippen molar-refractivity contribution in [2.75, 3.05) is 11.9 Å². The van der Waals surface area contributed by atoms with Gasteiger partial charge in [-0.05, 0) is 12.1 Å². The van der Waals surface area contributed by atoms with E-state index in [0.29, 0.717) is 24.7 Å². The zero-order valence-corrected chi connectivity index (χ0v) is 11.8. The fourth-order valence-corrected chi connectivity index (χ4v) is 1.82. The van der Waals surface area contributed by atoms with Crippen molar-refractivity contribution in [1.82, 2.24) is 5.32 Å². The van der Waals surface area contributed by atoms with E-state index < -0.39 is 0 Å². The number of carbonyl (C=O) groups is 1. The van der Waals surface area contributed by atoms with Crippen molar-refractivity contribution in [1.29, 1.82) is 0 Å². The lowest BCUT2D eigenvalue weighted by molar-refractivity contribution is -0.116. The molecule has 0 radical (unpaired) electrons. The van der Waals surface area contributed by atoms with Gasteiger partial charge in [-0.2, -0.15) is 0 Å². The molecule has 0 aliphatic heterocycles. The van der Waals surface area contributed by atoms with E-state index in [1.807, 2.05) is 13.8 Å². The molecule has 0 spiro atoms. The third-order valence-electron chi connectivity index (χ3n) is 2.21. The molecule has 3 N–H and O–H groups in total. The average Bonchev–Trinajstić information content (AvgIpc) is 2.25. The zero-order valence-electron chi connectivity index (χ0n) is 10.3. The number of nitrogens with one attached hydrogen (secondary N) is 2. The summed E-state index contributed by atoms with van der Waals surface area (Å²) in [5.74, 6) is -0.321. The molecule has 100 valence electrons. The predicted molar refractivity (Wildman–Crippen MR) is 74.5 cm³/mol. The van der Waals surface area contributed by atoms with Crippen LogP contribution in [0.3, 0.4) is 0 Å². The van der Waals surface area contributed by atoms with E-state index in [-0.39, 0.29) is 21.7 Å². The number of rotatable bonds is 5. The second-order valence-electron chi connectivity index (χ2n) is 4.20. The van der Waals surface area contributed by atoms with Crippen molar-refractivity contribution in [3.05, 3.63) is 22.2 Å². The number of anilines is 1. The van der Waals surface area contributed by atoms with Crippen LogP contribution in [0.4, 0.5) is 5.69 Å². The van der Waals surface area contributed by atoms with Gasteiger partial charge in [0.05, 0.1) is 10.0 Å². The first-order chi connectivity index (χ1) is 8.40. The first-order valence-corrected chi connectivity index (χ1v) is 6.37. The molecule has 0 atom stereocenters. The molecular formula is C12H16Cl2N2O2. The number of benzene rings is 1. The maximum atomic E-state index is 11.6. The molecule has 0 aliphatic rings. The van der Waals surface area contributed by atoms with Gasteiger partial charge in [-0.1, -0.05) is 37.0 Å². The number of carbonyl (C=O) groups excluding carboxylic acids is 1. The second kappa shape index (κ2) is 6.83. The summed E-state index contributed by atoms with van der Waals surface area (Å²) in [6, 6.07) is 3.25. The van der Waals surface area contributed by atoms with Crippen LogP contribution in [0, 0.1) is 0 Å². The number of hydrogen-bond donors (Lipinski definition) is 3. The van der Waals surface area contributed by atoms with Crippen LogP contribution in [0.2, 0.25) is 10.0 Å². The molecule has 18 heavy (non-hydrogen) atoms. The Bertz CT molecular complexity index is 413. The van der Waals surface area contributed by atoms with E-state index in [2.05, 4.69) is 10.6 Å². The summed E-state index contributed by atoms with van der Waals surface area (Å²) < 4.78 is 0. The maximum Gasteiger partial charge on any atom is 0.225 e. The van der Waals surface area contributed by atoms with Crippen molar-refractivity contribution >= 4 is 34.8 Å². The molecule has 0 aliphatic carbocycles. The Morgan fingerprint density at radius 1 is 1.33 bits per heavy atom. The fraction of sp³-hybridized carbons (Fsp3) is 0.417. The lowest BCUT2D eigenvalue weighted by atomic mass is 10.2. The number of phenols is 1. The zero-order chi connectivity index (χ0) is 13.7. The Labute approximate surface area is 116 Å². The minimum absolute atomic E-state index is 0.109. The van der Waals surface area contributed by atoms with Gasteiger partial charge < -0.3 is 15.7 Å². The molecule has 0 bridgehead atoms.